The van der Waals surface area contributed by atoms with E-state index in [9.17, 15) is 0 Å². The quantitative estimate of drug-likeness (QED) is 0.341. The number of hydrogen-bond donors (Lipinski definition) is 0. The van der Waals surface area contributed by atoms with Gasteiger partial charge < -0.3 is 49.4 Å². The van der Waals surface area contributed by atoms with Crippen LogP contribution in [0.25, 0.3) is 0 Å². The van der Waals surface area contributed by atoms with Crippen molar-refractivity contribution < 1.29 is 49.4 Å². The molecule has 2 fully saturated rings. The Balaban J connectivity index is 0.00000722. The Morgan fingerprint density at radius 1 is 0.436 bits per heavy atom. The van der Waals surface area contributed by atoms with Crippen molar-refractivity contribution in [1.82, 2.24) is 0 Å². The molecule has 0 saturated carbocycles. The van der Waals surface area contributed by atoms with Gasteiger partial charge in [0.1, 0.15) is 0 Å². The highest BCUT2D eigenvalue weighted by molar-refractivity contribution is 6.90. The molecule has 2 saturated heterocycles. The summed E-state index contributed by atoms with van der Waals surface area (Å²) >= 11 is 0. The Morgan fingerprint density at radius 3 is 0.897 bits per heavy atom. The highest BCUT2D eigenvalue weighted by atomic mass is 28.5. The maximum atomic E-state index is 6.64. The van der Waals surface area contributed by atoms with Crippen LogP contribution >= 0.6 is 0 Å². The fourth-order valence-corrected chi connectivity index (χ4v) is 49.8. The van der Waals surface area contributed by atoms with Gasteiger partial charge in [0.2, 0.25) is 0 Å². The minimum atomic E-state index is -3.02. The molecule has 0 bridgehead atoms. The van der Waals surface area contributed by atoms with Crippen molar-refractivity contribution in [2.75, 3.05) is 0 Å². The van der Waals surface area contributed by atoms with E-state index in [4.69, 9.17) is 49.4 Å². The van der Waals surface area contributed by atoms with Crippen LogP contribution in [0.15, 0.2) is 0 Å². The van der Waals surface area contributed by atoms with Crippen LogP contribution in [0.3, 0.4) is 0 Å². The van der Waals surface area contributed by atoms with Crippen LogP contribution in [0.2, 0.25) is 91.7 Å². The van der Waals surface area contributed by atoms with E-state index in [0.29, 0.717) is 0 Å². The zero-order valence-electron chi connectivity index (χ0n) is 24.9. The lowest BCUT2D eigenvalue weighted by Gasteiger charge is -2.44. The highest BCUT2D eigenvalue weighted by Gasteiger charge is 2.52. The van der Waals surface area contributed by atoms with Crippen molar-refractivity contribution in [2.45, 2.75) is 107 Å². The molecule has 39 heavy (non-hydrogen) atoms. The van der Waals surface area contributed by atoms with E-state index in [1.807, 2.05) is 91.7 Å². The molecular formula is C16H56O12Si11. The molecule has 12 nitrogen and oxygen atoms in total. The molecule has 0 spiro atoms. The largest absolute Gasteiger partial charge is 0.470 e. The minimum absolute atomic E-state index is 0. The summed E-state index contributed by atoms with van der Waals surface area (Å²) in [7, 11) is -25.4. The van der Waals surface area contributed by atoms with Gasteiger partial charge >= 0.3 is 80.4 Å². The lowest BCUT2D eigenvalue weighted by atomic mass is 11.9. The van der Waals surface area contributed by atoms with Crippen molar-refractivity contribution in [3.63, 3.8) is 0 Å². The smallest absolute Gasteiger partial charge is 0.420 e. The standard InChI is InChI=1S/C14H48O12Si11.2CH4/c1-27-15-29(3)19-36(13,20-30(4)16-27)25-34(9,10)23-33(7,8)24-35(11,12)26-37(14)21-31(5)17-28(2)18-32(6)22-37;;/h27-32H,1-14H3;2*1H4. The molecule has 4 atom stereocenters. The average Bonchev–Trinajstić information content (AvgIpc) is 2.52. The average molecular weight is 750 g/mol. The molecule has 0 N–H and O–H groups in total. The lowest BCUT2D eigenvalue weighted by Crippen LogP contribution is -2.64. The SMILES string of the molecule is C.C.C[SiH]1O[SiH](C)O[Si](C)(O[Si](C)(C)O[Si](C)(C)O[Si](C)(C)O[Si]2(C)O[SiH](C)O[SiH](C)O[SiH](C)O2)O[SiH](C)O1. The van der Waals surface area contributed by atoms with Gasteiger partial charge in [-0.1, -0.05) is 14.9 Å². The van der Waals surface area contributed by atoms with E-state index in [2.05, 4.69) is 0 Å². The van der Waals surface area contributed by atoms with Crippen LogP contribution in [-0.4, -0.2) is 99.0 Å². The topological polar surface area (TPSA) is 111 Å². The Hall–Kier alpha value is 1.91. The van der Waals surface area contributed by atoms with Gasteiger partial charge in [-0.25, -0.2) is 0 Å². The second-order valence-electron chi connectivity index (χ2n) is 10.8. The molecule has 0 aromatic carbocycles. The fourth-order valence-electron chi connectivity index (χ4n) is 4.75. The molecule has 2 aliphatic heterocycles. The van der Waals surface area contributed by atoms with Gasteiger partial charge in [-0.15, -0.1) is 0 Å². The summed E-state index contributed by atoms with van der Waals surface area (Å²) in [5, 5.41) is 0. The van der Waals surface area contributed by atoms with Crippen molar-refractivity contribution in [3.8, 4) is 0 Å². The molecule has 0 amide bonds. The molecule has 236 valence electrons. The highest BCUT2D eigenvalue weighted by Crippen LogP contribution is 2.29. The summed E-state index contributed by atoms with van der Waals surface area (Å²) in [6.45, 7) is 27.8. The summed E-state index contributed by atoms with van der Waals surface area (Å²) in [5.41, 5.74) is 0. The van der Waals surface area contributed by atoms with Gasteiger partial charge in [-0.05, 0) is 78.6 Å². The van der Waals surface area contributed by atoms with E-state index < -0.39 is 99.0 Å². The Bertz CT molecular complexity index is 668. The first-order chi connectivity index (χ1) is 16.6. The molecule has 23 heteroatoms. The van der Waals surface area contributed by atoms with Gasteiger partial charge in [0.25, 0.3) is 18.6 Å². The van der Waals surface area contributed by atoms with Gasteiger partial charge in [0, 0.05) is 13.1 Å². The van der Waals surface area contributed by atoms with E-state index in [1.165, 1.54) is 0 Å². The van der Waals surface area contributed by atoms with Crippen molar-refractivity contribution in [2.24, 2.45) is 0 Å². The molecule has 2 aliphatic rings. The van der Waals surface area contributed by atoms with Crippen LogP contribution < -0.4 is 0 Å². The molecule has 0 aromatic rings. The van der Waals surface area contributed by atoms with Gasteiger partial charge in [-0.2, -0.15) is 0 Å². The monoisotopic (exact) mass is 748 g/mol. The maximum absolute atomic E-state index is 6.64. The Morgan fingerprint density at radius 2 is 0.667 bits per heavy atom. The van der Waals surface area contributed by atoms with Crippen LogP contribution in [0.5, 0.6) is 0 Å². The predicted molar refractivity (Wildman–Crippen MR) is 180 cm³/mol. The van der Waals surface area contributed by atoms with Crippen LogP contribution in [0.4, 0.5) is 0 Å². The summed E-state index contributed by atoms with van der Waals surface area (Å²) < 4.78 is 75.7. The van der Waals surface area contributed by atoms with Crippen LogP contribution in [0, 0.1) is 0 Å². The third-order valence-electron chi connectivity index (χ3n) is 4.90. The second kappa shape index (κ2) is 15.8. The van der Waals surface area contributed by atoms with E-state index in [1.54, 1.807) is 0 Å². The van der Waals surface area contributed by atoms with Gasteiger partial charge in [0.15, 0.2) is 0 Å². The molecule has 4 unspecified atom stereocenters. The zero-order chi connectivity index (χ0) is 28.4. The molecule has 2 heterocycles. The van der Waals surface area contributed by atoms with Crippen LogP contribution in [0.1, 0.15) is 14.9 Å². The summed E-state index contributed by atoms with van der Waals surface area (Å²) in [4.78, 5) is 0. The molecule has 0 aliphatic carbocycles. The molecule has 0 aromatic heterocycles. The van der Waals surface area contributed by atoms with Gasteiger partial charge in [0.05, 0.1) is 0 Å². The van der Waals surface area contributed by atoms with E-state index in [-0.39, 0.29) is 14.9 Å². The lowest BCUT2D eigenvalue weighted by molar-refractivity contribution is 0.185. The predicted octanol–water partition coefficient (Wildman–Crippen LogP) is 2.83. The summed E-state index contributed by atoms with van der Waals surface area (Å²) in [5.74, 6) is 0. The molecule has 2 rings (SSSR count). The third-order valence-corrected chi connectivity index (χ3v) is 44.1. The first-order valence-electron chi connectivity index (χ1n) is 12.7. The first-order valence-corrected chi connectivity index (χ1v) is 38.2. The number of rotatable bonds is 8. The Kier molecular flexibility index (Phi) is 16.5. The van der Waals surface area contributed by atoms with Crippen LogP contribution in [-0.2, 0) is 49.4 Å². The molecule has 0 radical (unpaired) electrons. The fraction of sp³-hybridized carbons (Fsp3) is 1.00. The minimum Gasteiger partial charge on any atom is -0.420 e. The molecular weight excluding hydrogens is 693 g/mol. The van der Waals surface area contributed by atoms with E-state index in [0.717, 1.165) is 0 Å². The van der Waals surface area contributed by atoms with Crippen molar-refractivity contribution in [3.05, 3.63) is 0 Å². The van der Waals surface area contributed by atoms with Gasteiger partial charge in [-0.3, -0.25) is 0 Å². The first kappa shape index (κ1) is 40.9. The summed E-state index contributed by atoms with van der Waals surface area (Å²) in [6, 6.07) is 0. The van der Waals surface area contributed by atoms with E-state index >= 15 is 0 Å². The Labute approximate surface area is 253 Å². The number of hydrogen-bond acceptors (Lipinski definition) is 12. The normalized spacial score (nSPS) is 37.4. The van der Waals surface area contributed by atoms with Crippen molar-refractivity contribution in [1.29, 1.82) is 0 Å². The second-order valence-corrected chi connectivity index (χ2v) is 40.8. The third kappa shape index (κ3) is 15.0. The zero-order valence-corrected chi connectivity index (χ0v) is 36.8. The maximum Gasteiger partial charge on any atom is 0.470 e. The summed E-state index contributed by atoms with van der Waals surface area (Å²) in [6.07, 6.45) is 0. The van der Waals surface area contributed by atoms with Crippen molar-refractivity contribution >= 4 is 99.0 Å².